The molecule has 0 spiro atoms. The molecule has 0 aliphatic heterocycles. The summed E-state index contributed by atoms with van der Waals surface area (Å²) in [6, 6.07) is 5.67. The Kier molecular flexibility index (Phi) is 7.39. The third-order valence-electron chi connectivity index (χ3n) is 6.95. The fraction of sp³-hybridized carbons (Fsp3) is 0.667. The van der Waals surface area contributed by atoms with Crippen molar-refractivity contribution in [3.63, 3.8) is 0 Å². The fourth-order valence-electron chi connectivity index (χ4n) is 5.39. The summed E-state index contributed by atoms with van der Waals surface area (Å²) in [5.74, 6) is -0.439. The van der Waals surface area contributed by atoms with Crippen LogP contribution >= 0.6 is 0 Å². The van der Waals surface area contributed by atoms with Crippen LogP contribution in [0.25, 0.3) is 0 Å². The van der Waals surface area contributed by atoms with Crippen molar-refractivity contribution < 1.29 is 22.0 Å². The van der Waals surface area contributed by atoms with Crippen LogP contribution in [0.5, 0.6) is 0 Å². The van der Waals surface area contributed by atoms with Gasteiger partial charge in [0, 0.05) is 5.92 Å². The Bertz CT molecular complexity index is 690. The predicted molar refractivity (Wildman–Crippen MR) is 106 cm³/mol. The third kappa shape index (κ3) is 6.05. The van der Waals surface area contributed by atoms with Crippen molar-refractivity contribution in [3.05, 3.63) is 47.0 Å². The molecule has 0 nitrogen and oxygen atoms in total. The molecule has 3 rings (SSSR count). The average Bonchev–Trinajstić information content (AvgIpc) is 2.67. The van der Waals surface area contributed by atoms with Crippen molar-refractivity contribution in [2.45, 2.75) is 83.2 Å². The standard InChI is InChI=1S/C24H31F5/c1-2-3-16-4-13-21(22(25)14-16)19-9-5-17(6-10-19)18-7-11-20(12-8-18)23(26)15-24(27,28)29/h4,13-15,17-20H,2-3,5-12H2,1H3. The van der Waals surface area contributed by atoms with E-state index in [2.05, 4.69) is 6.92 Å². The van der Waals surface area contributed by atoms with Gasteiger partial charge >= 0.3 is 6.18 Å². The van der Waals surface area contributed by atoms with Gasteiger partial charge in [0.1, 0.15) is 11.6 Å². The zero-order chi connectivity index (χ0) is 21.0. The van der Waals surface area contributed by atoms with Gasteiger partial charge in [0.05, 0.1) is 6.08 Å². The van der Waals surface area contributed by atoms with E-state index in [1.54, 1.807) is 6.07 Å². The van der Waals surface area contributed by atoms with E-state index in [0.717, 1.165) is 62.5 Å². The summed E-state index contributed by atoms with van der Waals surface area (Å²) < 4.78 is 65.4. The molecule has 162 valence electrons. The maximum Gasteiger partial charge on any atom is 0.412 e. The predicted octanol–water partition coefficient (Wildman–Crippen LogP) is 8.27. The molecule has 0 atom stereocenters. The minimum absolute atomic E-state index is 0.0909. The molecule has 0 radical (unpaired) electrons. The van der Waals surface area contributed by atoms with Crippen molar-refractivity contribution >= 4 is 0 Å². The lowest BCUT2D eigenvalue weighted by molar-refractivity contribution is -0.0821. The molecule has 2 aliphatic carbocycles. The van der Waals surface area contributed by atoms with Crippen LogP contribution in [0.15, 0.2) is 30.1 Å². The maximum atomic E-state index is 14.5. The first-order valence-corrected chi connectivity index (χ1v) is 11.0. The zero-order valence-corrected chi connectivity index (χ0v) is 17.1. The van der Waals surface area contributed by atoms with Crippen LogP contribution in [0.3, 0.4) is 0 Å². The van der Waals surface area contributed by atoms with Crippen LogP contribution in [0, 0.1) is 23.6 Å². The van der Waals surface area contributed by atoms with E-state index in [-0.39, 0.29) is 17.8 Å². The van der Waals surface area contributed by atoms with E-state index in [0.29, 0.717) is 24.7 Å². The van der Waals surface area contributed by atoms with Gasteiger partial charge < -0.3 is 0 Å². The Morgan fingerprint density at radius 1 is 0.966 bits per heavy atom. The first kappa shape index (κ1) is 22.3. The number of benzene rings is 1. The number of rotatable bonds is 5. The minimum atomic E-state index is -4.58. The highest BCUT2D eigenvalue weighted by atomic mass is 19.4. The zero-order valence-electron chi connectivity index (χ0n) is 17.1. The maximum absolute atomic E-state index is 14.5. The number of alkyl halides is 3. The minimum Gasteiger partial charge on any atom is -0.212 e. The van der Waals surface area contributed by atoms with E-state index >= 15 is 0 Å². The lowest BCUT2D eigenvalue weighted by atomic mass is 9.68. The Morgan fingerprint density at radius 3 is 2.07 bits per heavy atom. The largest absolute Gasteiger partial charge is 0.412 e. The molecule has 0 amide bonds. The number of halogens is 5. The Morgan fingerprint density at radius 2 is 1.55 bits per heavy atom. The summed E-state index contributed by atoms with van der Waals surface area (Å²) in [4.78, 5) is 0. The van der Waals surface area contributed by atoms with Gasteiger partial charge in [-0.1, -0.05) is 25.5 Å². The van der Waals surface area contributed by atoms with Gasteiger partial charge in [-0.25, -0.2) is 8.78 Å². The lowest BCUT2D eigenvalue weighted by Gasteiger charge is -2.37. The molecule has 0 unspecified atom stereocenters. The number of hydrogen-bond acceptors (Lipinski definition) is 0. The van der Waals surface area contributed by atoms with E-state index < -0.39 is 17.9 Å². The van der Waals surface area contributed by atoms with Crippen LogP contribution in [-0.4, -0.2) is 6.18 Å². The molecule has 29 heavy (non-hydrogen) atoms. The molecule has 0 heterocycles. The number of aryl methyl sites for hydroxylation is 1. The van der Waals surface area contributed by atoms with E-state index in [4.69, 9.17) is 0 Å². The summed E-state index contributed by atoms with van der Waals surface area (Å²) in [5, 5.41) is 0. The third-order valence-corrected chi connectivity index (χ3v) is 6.95. The molecule has 0 bridgehead atoms. The smallest absolute Gasteiger partial charge is 0.212 e. The first-order chi connectivity index (χ1) is 13.8. The van der Waals surface area contributed by atoms with Crippen LogP contribution < -0.4 is 0 Å². The second-order valence-electron chi connectivity index (χ2n) is 8.90. The summed E-state index contributed by atoms with van der Waals surface area (Å²) >= 11 is 0. The fourth-order valence-corrected chi connectivity index (χ4v) is 5.39. The van der Waals surface area contributed by atoms with Gasteiger partial charge in [-0.2, -0.15) is 13.2 Å². The second kappa shape index (κ2) is 9.61. The molecule has 0 saturated heterocycles. The van der Waals surface area contributed by atoms with Crippen molar-refractivity contribution in [1.29, 1.82) is 0 Å². The average molecular weight is 415 g/mol. The molecular weight excluding hydrogens is 383 g/mol. The highest BCUT2D eigenvalue weighted by Crippen LogP contribution is 2.45. The summed E-state index contributed by atoms with van der Waals surface area (Å²) in [7, 11) is 0. The molecular formula is C24H31F5. The van der Waals surface area contributed by atoms with Crippen LogP contribution in [0.4, 0.5) is 22.0 Å². The first-order valence-electron chi connectivity index (χ1n) is 11.0. The molecule has 2 saturated carbocycles. The monoisotopic (exact) mass is 414 g/mol. The van der Waals surface area contributed by atoms with Crippen molar-refractivity contribution in [3.8, 4) is 0 Å². The van der Waals surface area contributed by atoms with Gasteiger partial charge in [-0.15, -0.1) is 0 Å². The van der Waals surface area contributed by atoms with E-state index in [1.807, 2.05) is 12.1 Å². The van der Waals surface area contributed by atoms with Gasteiger partial charge in [0.25, 0.3) is 0 Å². The number of hydrogen-bond donors (Lipinski definition) is 0. The van der Waals surface area contributed by atoms with Crippen molar-refractivity contribution in [2.75, 3.05) is 0 Å². The summed E-state index contributed by atoms with van der Waals surface area (Å²) in [5.41, 5.74) is 1.87. The quantitative estimate of drug-likeness (QED) is 0.425. The second-order valence-corrected chi connectivity index (χ2v) is 8.90. The van der Waals surface area contributed by atoms with Crippen LogP contribution in [0.1, 0.15) is 81.8 Å². The normalized spacial score (nSPS) is 29.1. The van der Waals surface area contributed by atoms with E-state index in [9.17, 15) is 22.0 Å². The SMILES string of the molecule is CCCc1ccc(C2CCC(C3CCC(C(F)=CC(F)(F)F)CC3)CC2)c(F)c1. The topological polar surface area (TPSA) is 0 Å². The highest BCUT2D eigenvalue weighted by molar-refractivity contribution is 5.27. The Labute approximate surface area is 170 Å². The molecule has 5 heteroatoms. The molecule has 2 fully saturated rings. The van der Waals surface area contributed by atoms with Crippen LogP contribution in [0.2, 0.25) is 0 Å². The van der Waals surface area contributed by atoms with Crippen molar-refractivity contribution in [2.24, 2.45) is 17.8 Å². The Balaban J connectivity index is 1.50. The Hall–Kier alpha value is -1.39. The van der Waals surface area contributed by atoms with Gasteiger partial charge in [-0.3, -0.25) is 0 Å². The highest BCUT2D eigenvalue weighted by Gasteiger charge is 2.34. The summed E-state index contributed by atoms with van der Waals surface area (Å²) in [6.45, 7) is 2.08. The van der Waals surface area contributed by atoms with Crippen LogP contribution in [-0.2, 0) is 6.42 Å². The molecule has 0 aromatic heterocycles. The van der Waals surface area contributed by atoms with Gasteiger partial charge in [0.15, 0.2) is 0 Å². The molecule has 1 aromatic rings. The van der Waals surface area contributed by atoms with Crippen molar-refractivity contribution in [1.82, 2.24) is 0 Å². The number of allylic oxidation sites excluding steroid dienone is 2. The molecule has 0 N–H and O–H groups in total. The molecule has 1 aromatic carbocycles. The van der Waals surface area contributed by atoms with E-state index in [1.165, 1.54) is 0 Å². The lowest BCUT2D eigenvalue weighted by Crippen LogP contribution is -2.26. The van der Waals surface area contributed by atoms with Gasteiger partial charge in [-0.05, 0) is 92.7 Å². The van der Waals surface area contributed by atoms with Gasteiger partial charge in [0.2, 0.25) is 0 Å². The molecule has 2 aliphatic rings. The summed E-state index contributed by atoms with van der Waals surface area (Å²) in [6.07, 6.45) is 3.67.